The van der Waals surface area contributed by atoms with Crippen molar-refractivity contribution in [2.75, 3.05) is 13.7 Å². The molecule has 1 aliphatic carbocycles. The molecule has 21 heavy (non-hydrogen) atoms. The van der Waals surface area contributed by atoms with E-state index in [4.69, 9.17) is 4.74 Å². The van der Waals surface area contributed by atoms with Gasteiger partial charge in [0.2, 0.25) is 5.91 Å². The van der Waals surface area contributed by atoms with Crippen LogP contribution in [0, 0.1) is 0 Å². The molecule has 120 valence electrons. The van der Waals surface area contributed by atoms with Gasteiger partial charge in [-0.05, 0) is 32.1 Å². The Bertz CT molecular complexity index is 370. The molecule has 1 unspecified atom stereocenters. The summed E-state index contributed by atoms with van der Waals surface area (Å²) >= 11 is 0. The number of carboxylic acid groups (broad SMARTS) is 1. The molecule has 2 fully saturated rings. The normalized spacial score (nSPS) is 25.3. The zero-order chi connectivity index (χ0) is 15.3. The third-order valence-corrected chi connectivity index (χ3v) is 5.03. The molecule has 0 radical (unpaired) electrons. The Morgan fingerprint density at radius 3 is 2.48 bits per heavy atom. The zero-order valence-corrected chi connectivity index (χ0v) is 13.0. The van der Waals surface area contributed by atoms with Crippen LogP contribution in [0.4, 0.5) is 0 Å². The Kier molecular flexibility index (Phi) is 5.62. The van der Waals surface area contributed by atoms with E-state index in [9.17, 15) is 14.7 Å². The SMILES string of the molecule is CN(C(=O)CC1CCCCO1)C1(CC(=O)O)CCCCC1. The van der Waals surface area contributed by atoms with E-state index < -0.39 is 11.5 Å². The summed E-state index contributed by atoms with van der Waals surface area (Å²) in [6.07, 6.45) is 8.32. The number of nitrogens with zero attached hydrogens (tertiary/aromatic N) is 1. The van der Waals surface area contributed by atoms with Gasteiger partial charge in [-0.3, -0.25) is 9.59 Å². The molecule has 1 amide bonds. The van der Waals surface area contributed by atoms with Crippen molar-refractivity contribution < 1.29 is 19.4 Å². The zero-order valence-electron chi connectivity index (χ0n) is 13.0. The lowest BCUT2D eigenvalue weighted by Crippen LogP contribution is -2.52. The van der Waals surface area contributed by atoms with Crippen molar-refractivity contribution in [1.82, 2.24) is 4.90 Å². The average Bonchev–Trinajstić information content (AvgIpc) is 2.47. The first-order valence-electron chi connectivity index (χ1n) is 8.13. The van der Waals surface area contributed by atoms with Crippen LogP contribution in [0.25, 0.3) is 0 Å². The topological polar surface area (TPSA) is 66.8 Å². The molecule has 5 nitrogen and oxygen atoms in total. The number of hydrogen-bond acceptors (Lipinski definition) is 3. The van der Waals surface area contributed by atoms with Gasteiger partial charge in [0.25, 0.3) is 0 Å². The fraction of sp³-hybridized carbons (Fsp3) is 0.875. The largest absolute Gasteiger partial charge is 0.481 e. The van der Waals surface area contributed by atoms with E-state index in [1.807, 2.05) is 0 Å². The quantitative estimate of drug-likeness (QED) is 0.847. The Hall–Kier alpha value is -1.10. The molecule has 1 atom stereocenters. The Morgan fingerprint density at radius 2 is 1.90 bits per heavy atom. The lowest BCUT2D eigenvalue weighted by molar-refractivity contribution is -0.147. The number of aliphatic carboxylic acids is 1. The number of hydrogen-bond donors (Lipinski definition) is 1. The van der Waals surface area contributed by atoms with Crippen molar-refractivity contribution in [2.45, 2.75) is 75.9 Å². The first-order chi connectivity index (χ1) is 10.0. The minimum atomic E-state index is -0.814. The monoisotopic (exact) mass is 297 g/mol. The van der Waals surface area contributed by atoms with Crippen molar-refractivity contribution in [3.05, 3.63) is 0 Å². The van der Waals surface area contributed by atoms with Crippen molar-refractivity contribution >= 4 is 11.9 Å². The van der Waals surface area contributed by atoms with Gasteiger partial charge in [-0.15, -0.1) is 0 Å². The highest BCUT2D eigenvalue weighted by molar-refractivity contribution is 5.78. The molecule has 2 rings (SSSR count). The summed E-state index contributed by atoms with van der Waals surface area (Å²) in [6.45, 7) is 0.738. The lowest BCUT2D eigenvalue weighted by atomic mass is 9.78. The number of rotatable bonds is 5. The lowest BCUT2D eigenvalue weighted by Gasteiger charge is -2.44. The first-order valence-corrected chi connectivity index (χ1v) is 8.13. The Balaban J connectivity index is 2.00. The number of carbonyl (C=O) groups excluding carboxylic acids is 1. The maximum absolute atomic E-state index is 12.6. The molecule has 2 aliphatic rings. The van der Waals surface area contributed by atoms with Crippen molar-refractivity contribution in [2.24, 2.45) is 0 Å². The van der Waals surface area contributed by atoms with E-state index in [1.165, 1.54) is 0 Å². The van der Waals surface area contributed by atoms with Gasteiger partial charge in [0.15, 0.2) is 0 Å². The van der Waals surface area contributed by atoms with Crippen molar-refractivity contribution in [3.8, 4) is 0 Å². The van der Waals surface area contributed by atoms with Crippen molar-refractivity contribution in [3.63, 3.8) is 0 Å². The standard InChI is InChI=1S/C16H27NO4/c1-17(14(18)11-13-7-3-6-10-21-13)16(12-15(19)20)8-4-2-5-9-16/h13H,2-12H2,1H3,(H,19,20). The Labute approximate surface area is 126 Å². The second-order valence-corrected chi connectivity index (χ2v) is 6.50. The van der Waals surface area contributed by atoms with Crippen LogP contribution in [0.15, 0.2) is 0 Å². The van der Waals surface area contributed by atoms with Crippen LogP contribution in [-0.2, 0) is 14.3 Å². The van der Waals surface area contributed by atoms with E-state index in [0.717, 1.165) is 58.0 Å². The molecule has 0 aromatic carbocycles. The predicted octanol–water partition coefficient (Wildman–Crippen LogP) is 2.58. The molecule has 1 saturated heterocycles. The molecule has 0 aromatic heterocycles. The van der Waals surface area contributed by atoms with E-state index in [0.29, 0.717) is 6.42 Å². The molecule has 1 heterocycles. The summed E-state index contributed by atoms with van der Waals surface area (Å²) < 4.78 is 5.64. The summed E-state index contributed by atoms with van der Waals surface area (Å²) in [6, 6.07) is 0. The minimum absolute atomic E-state index is 0.0131. The Morgan fingerprint density at radius 1 is 1.19 bits per heavy atom. The molecule has 0 spiro atoms. The van der Waals surface area contributed by atoms with E-state index in [2.05, 4.69) is 0 Å². The molecule has 1 aliphatic heterocycles. The molecule has 5 heteroatoms. The smallest absolute Gasteiger partial charge is 0.305 e. The molecular formula is C16H27NO4. The van der Waals surface area contributed by atoms with E-state index >= 15 is 0 Å². The highest BCUT2D eigenvalue weighted by Gasteiger charge is 2.40. The average molecular weight is 297 g/mol. The first kappa shape index (κ1) is 16.3. The van der Waals surface area contributed by atoms with Gasteiger partial charge in [-0.25, -0.2) is 0 Å². The van der Waals surface area contributed by atoms with Crippen LogP contribution >= 0.6 is 0 Å². The number of ether oxygens (including phenoxy) is 1. The fourth-order valence-corrected chi connectivity index (χ4v) is 3.69. The predicted molar refractivity (Wildman–Crippen MR) is 79.0 cm³/mol. The summed E-state index contributed by atoms with van der Waals surface area (Å²) in [7, 11) is 1.78. The molecule has 0 aromatic rings. The second-order valence-electron chi connectivity index (χ2n) is 6.50. The van der Waals surface area contributed by atoms with Crippen LogP contribution < -0.4 is 0 Å². The highest BCUT2D eigenvalue weighted by Crippen LogP contribution is 2.36. The van der Waals surface area contributed by atoms with Gasteiger partial charge < -0.3 is 14.7 Å². The third kappa shape index (κ3) is 4.19. The minimum Gasteiger partial charge on any atom is -0.481 e. The highest BCUT2D eigenvalue weighted by atomic mass is 16.5. The second kappa shape index (κ2) is 7.25. The fourth-order valence-electron chi connectivity index (χ4n) is 3.69. The van der Waals surface area contributed by atoms with Gasteiger partial charge in [0, 0.05) is 13.7 Å². The van der Waals surface area contributed by atoms with Crippen molar-refractivity contribution in [1.29, 1.82) is 0 Å². The van der Waals surface area contributed by atoms with Gasteiger partial charge in [0.05, 0.1) is 24.5 Å². The van der Waals surface area contributed by atoms with E-state index in [1.54, 1.807) is 11.9 Å². The van der Waals surface area contributed by atoms with Crippen LogP contribution in [0.1, 0.15) is 64.2 Å². The molecule has 1 N–H and O–H groups in total. The van der Waals surface area contributed by atoms with E-state index in [-0.39, 0.29) is 18.4 Å². The number of amides is 1. The third-order valence-electron chi connectivity index (χ3n) is 5.03. The van der Waals surface area contributed by atoms with Crippen LogP contribution in [0.3, 0.4) is 0 Å². The van der Waals surface area contributed by atoms with Crippen LogP contribution in [0.2, 0.25) is 0 Å². The summed E-state index contributed by atoms with van der Waals surface area (Å²) in [5.74, 6) is -0.782. The molecule has 0 bridgehead atoms. The van der Waals surface area contributed by atoms with Gasteiger partial charge in [0.1, 0.15) is 0 Å². The summed E-state index contributed by atoms with van der Waals surface area (Å²) in [5.41, 5.74) is -0.490. The summed E-state index contributed by atoms with van der Waals surface area (Å²) in [5, 5.41) is 9.22. The van der Waals surface area contributed by atoms with Crippen LogP contribution in [0.5, 0.6) is 0 Å². The maximum atomic E-state index is 12.6. The molecular weight excluding hydrogens is 270 g/mol. The number of carboxylic acids is 1. The molecule has 1 saturated carbocycles. The van der Waals surface area contributed by atoms with Gasteiger partial charge in [-0.2, -0.15) is 0 Å². The summed E-state index contributed by atoms with van der Waals surface area (Å²) in [4.78, 5) is 25.5. The van der Waals surface area contributed by atoms with Gasteiger partial charge in [-0.1, -0.05) is 19.3 Å². The number of carbonyl (C=O) groups is 2. The van der Waals surface area contributed by atoms with Gasteiger partial charge >= 0.3 is 5.97 Å². The maximum Gasteiger partial charge on any atom is 0.305 e. The van der Waals surface area contributed by atoms with Crippen LogP contribution in [-0.4, -0.2) is 47.2 Å².